The monoisotopic (exact) mass is 239 g/mol. The Morgan fingerprint density at radius 2 is 1.71 bits per heavy atom. The Balaban J connectivity index is 3.09. The largest absolute Gasteiger partial charge is 0.493 e. The fourth-order valence-corrected chi connectivity index (χ4v) is 1.52. The van der Waals surface area contributed by atoms with Crippen molar-refractivity contribution in [1.29, 1.82) is 0 Å². The third-order valence-corrected chi connectivity index (χ3v) is 2.60. The first-order chi connectivity index (χ1) is 7.93. The number of methoxy groups -OCH3 is 2. The fourth-order valence-electron chi connectivity index (χ4n) is 1.52. The number of benzene rings is 1. The Kier molecular flexibility index (Phi) is 4.23. The third-order valence-electron chi connectivity index (χ3n) is 2.60. The molecular formula is C13H21NO3. The number of ether oxygens (including phenoxy) is 2. The Hall–Kier alpha value is -1.42. The lowest BCUT2D eigenvalue weighted by atomic mass is 10.0. The van der Waals surface area contributed by atoms with E-state index >= 15 is 0 Å². The molecule has 0 fully saturated rings. The molecule has 0 amide bonds. The normalized spacial score (nSPS) is 11.2. The van der Waals surface area contributed by atoms with Crippen LogP contribution in [0.1, 0.15) is 19.4 Å². The molecule has 4 heteroatoms. The van der Waals surface area contributed by atoms with Crippen molar-refractivity contribution < 1.29 is 14.6 Å². The maximum atomic E-state index is 9.26. The molecule has 96 valence electrons. The zero-order chi connectivity index (χ0) is 13.1. The second-order valence-corrected chi connectivity index (χ2v) is 4.69. The smallest absolute Gasteiger partial charge is 0.162 e. The summed E-state index contributed by atoms with van der Waals surface area (Å²) < 4.78 is 10.5. The van der Waals surface area contributed by atoms with Gasteiger partial charge in [-0.05, 0) is 32.4 Å². The number of aryl methyl sites for hydroxylation is 1. The van der Waals surface area contributed by atoms with Crippen LogP contribution in [0.3, 0.4) is 0 Å². The minimum atomic E-state index is -0.371. The molecule has 1 rings (SSSR count). The number of anilines is 1. The van der Waals surface area contributed by atoms with Gasteiger partial charge in [0.1, 0.15) is 0 Å². The van der Waals surface area contributed by atoms with Crippen LogP contribution >= 0.6 is 0 Å². The Morgan fingerprint density at radius 3 is 2.18 bits per heavy atom. The zero-order valence-electron chi connectivity index (χ0n) is 11.1. The van der Waals surface area contributed by atoms with E-state index in [9.17, 15) is 5.11 Å². The van der Waals surface area contributed by atoms with Gasteiger partial charge in [-0.2, -0.15) is 0 Å². The van der Waals surface area contributed by atoms with Gasteiger partial charge < -0.3 is 19.9 Å². The molecular weight excluding hydrogens is 218 g/mol. The predicted molar refractivity (Wildman–Crippen MR) is 69.1 cm³/mol. The van der Waals surface area contributed by atoms with Crippen molar-refractivity contribution in [3.63, 3.8) is 0 Å². The molecule has 0 bridgehead atoms. The predicted octanol–water partition coefficient (Wildman–Crippen LogP) is 2.20. The second-order valence-electron chi connectivity index (χ2n) is 4.69. The maximum absolute atomic E-state index is 9.26. The van der Waals surface area contributed by atoms with E-state index in [1.165, 1.54) is 0 Å². The molecule has 0 saturated heterocycles. The zero-order valence-corrected chi connectivity index (χ0v) is 11.1. The summed E-state index contributed by atoms with van der Waals surface area (Å²) >= 11 is 0. The molecule has 0 heterocycles. The van der Waals surface area contributed by atoms with Gasteiger partial charge in [0.15, 0.2) is 11.5 Å². The van der Waals surface area contributed by atoms with E-state index in [1.54, 1.807) is 14.2 Å². The van der Waals surface area contributed by atoms with Crippen LogP contribution < -0.4 is 14.8 Å². The molecule has 4 nitrogen and oxygen atoms in total. The summed E-state index contributed by atoms with van der Waals surface area (Å²) in [5.74, 6) is 1.38. The molecule has 0 aliphatic rings. The van der Waals surface area contributed by atoms with E-state index < -0.39 is 0 Å². The summed E-state index contributed by atoms with van der Waals surface area (Å²) in [4.78, 5) is 0. The van der Waals surface area contributed by atoms with Gasteiger partial charge in [0.05, 0.1) is 26.4 Å². The average Bonchev–Trinajstić information content (AvgIpc) is 2.31. The van der Waals surface area contributed by atoms with Crippen LogP contribution in [0.15, 0.2) is 12.1 Å². The molecule has 1 aromatic carbocycles. The Bertz CT molecular complexity index is 388. The molecule has 17 heavy (non-hydrogen) atoms. The van der Waals surface area contributed by atoms with Crippen LogP contribution in [0.25, 0.3) is 0 Å². The SMILES string of the molecule is COc1cc(C)c(NC(C)(C)CO)cc1OC. The summed E-state index contributed by atoms with van der Waals surface area (Å²) in [6, 6.07) is 3.79. The Morgan fingerprint density at radius 1 is 1.18 bits per heavy atom. The molecule has 0 unspecified atom stereocenters. The van der Waals surface area contributed by atoms with E-state index in [0.717, 1.165) is 11.3 Å². The van der Waals surface area contributed by atoms with Gasteiger partial charge in [0.25, 0.3) is 0 Å². The van der Waals surface area contributed by atoms with Gasteiger partial charge in [-0.15, -0.1) is 0 Å². The lowest BCUT2D eigenvalue weighted by Crippen LogP contribution is -2.35. The summed E-state index contributed by atoms with van der Waals surface area (Å²) in [5.41, 5.74) is 1.61. The molecule has 0 aromatic heterocycles. The minimum Gasteiger partial charge on any atom is -0.493 e. The highest BCUT2D eigenvalue weighted by Gasteiger charge is 2.18. The van der Waals surface area contributed by atoms with Gasteiger partial charge in [-0.3, -0.25) is 0 Å². The van der Waals surface area contributed by atoms with Crippen LogP contribution in [-0.4, -0.2) is 31.5 Å². The van der Waals surface area contributed by atoms with Gasteiger partial charge in [0, 0.05) is 11.8 Å². The van der Waals surface area contributed by atoms with Gasteiger partial charge >= 0.3 is 0 Å². The number of rotatable bonds is 5. The van der Waals surface area contributed by atoms with Crippen LogP contribution in [0.4, 0.5) is 5.69 Å². The molecule has 0 aliphatic heterocycles. The Labute approximate surface area is 103 Å². The van der Waals surface area contributed by atoms with Crippen molar-refractivity contribution in [2.45, 2.75) is 26.3 Å². The van der Waals surface area contributed by atoms with Gasteiger partial charge in [-0.1, -0.05) is 0 Å². The molecule has 0 spiro atoms. The summed E-state index contributed by atoms with van der Waals surface area (Å²) in [6.45, 7) is 5.91. The van der Waals surface area contributed by atoms with Crippen molar-refractivity contribution in [2.75, 3.05) is 26.1 Å². The third kappa shape index (κ3) is 3.27. The van der Waals surface area contributed by atoms with E-state index in [4.69, 9.17) is 9.47 Å². The lowest BCUT2D eigenvalue weighted by Gasteiger charge is -2.26. The van der Waals surface area contributed by atoms with Gasteiger partial charge in [0.2, 0.25) is 0 Å². The van der Waals surface area contributed by atoms with Crippen LogP contribution in [0.5, 0.6) is 11.5 Å². The topological polar surface area (TPSA) is 50.7 Å². The van der Waals surface area contributed by atoms with Crippen LogP contribution in [-0.2, 0) is 0 Å². The minimum absolute atomic E-state index is 0.0563. The van der Waals surface area contributed by atoms with Gasteiger partial charge in [-0.25, -0.2) is 0 Å². The average molecular weight is 239 g/mol. The van der Waals surface area contributed by atoms with Crippen LogP contribution in [0, 0.1) is 6.92 Å². The second kappa shape index (κ2) is 5.27. The molecule has 0 saturated carbocycles. The number of hydrogen-bond donors (Lipinski definition) is 2. The van der Waals surface area contributed by atoms with E-state index in [-0.39, 0.29) is 12.1 Å². The number of aliphatic hydroxyl groups is 1. The molecule has 0 atom stereocenters. The number of hydrogen-bond acceptors (Lipinski definition) is 4. The summed E-state index contributed by atoms with van der Waals surface area (Å²) in [6.07, 6.45) is 0. The highest BCUT2D eigenvalue weighted by atomic mass is 16.5. The summed E-state index contributed by atoms with van der Waals surface area (Å²) in [5, 5.41) is 12.5. The first kappa shape index (κ1) is 13.6. The van der Waals surface area contributed by atoms with Crippen molar-refractivity contribution >= 4 is 5.69 Å². The molecule has 1 aromatic rings. The van der Waals surface area contributed by atoms with E-state index in [2.05, 4.69) is 5.32 Å². The number of nitrogens with one attached hydrogen (secondary N) is 1. The van der Waals surface area contributed by atoms with Crippen molar-refractivity contribution in [3.05, 3.63) is 17.7 Å². The van der Waals surface area contributed by atoms with Crippen LogP contribution in [0.2, 0.25) is 0 Å². The maximum Gasteiger partial charge on any atom is 0.162 e. The lowest BCUT2D eigenvalue weighted by molar-refractivity contribution is 0.234. The quantitative estimate of drug-likeness (QED) is 0.827. The summed E-state index contributed by atoms with van der Waals surface area (Å²) in [7, 11) is 3.22. The molecule has 0 aliphatic carbocycles. The first-order valence-corrected chi connectivity index (χ1v) is 5.55. The molecule has 0 radical (unpaired) electrons. The van der Waals surface area contributed by atoms with Crippen molar-refractivity contribution in [1.82, 2.24) is 0 Å². The van der Waals surface area contributed by atoms with Crippen molar-refractivity contribution in [2.24, 2.45) is 0 Å². The highest BCUT2D eigenvalue weighted by molar-refractivity contribution is 5.61. The standard InChI is InChI=1S/C13H21NO3/c1-9-6-11(16-4)12(17-5)7-10(9)14-13(2,3)8-15/h6-7,14-15H,8H2,1-5H3. The first-order valence-electron chi connectivity index (χ1n) is 5.55. The van der Waals surface area contributed by atoms with E-state index in [0.29, 0.717) is 11.5 Å². The van der Waals surface area contributed by atoms with Crippen molar-refractivity contribution in [3.8, 4) is 11.5 Å². The molecule has 2 N–H and O–H groups in total. The highest BCUT2D eigenvalue weighted by Crippen LogP contribution is 2.33. The number of aliphatic hydroxyl groups excluding tert-OH is 1. The van der Waals surface area contributed by atoms with E-state index in [1.807, 2.05) is 32.9 Å². The fraction of sp³-hybridized carbons (Fsp3) is 0.538.